The van der Waals surface area contributed by atoms with Gasteiger partial charge in [-0.1, -0.05) is 31.4 Å². The van der Waals surface area contributed by atoms with Gasteiger partial charge >= 0.3 is 0 Å². The van der Waals surface area contributed by atoms with E-state index in [0.29, 0.717) is 49.3 Å². The molecule has 1 saturated carbocycles. The number of piperazine rings is 1. The summed E-state index contributed by atoms with van der Waals surface area (Å²) in [6.45, 7) is 6.69. The predicted molar refractivity (Wildman–Crippen MR) is 131 cm³/mol. The second-order valence-corrected chi connectivity index (χ2v) is 9.26. The van der Waals surface area contributed by atoms with Crippen molar-refractivity contribution in [2.75, 3.05) is 42.9 Å². The first-order valence-electron chi connectivity index (χ1n) is 12.0. The van der Waals surface area contributed by atoms with E-state index in [1.807, 2.05) is 18.7 Å². The van der Waals surface area contributed by atoms with Crippen LogP contribution >= 0.6 is 0 Å². The Labute approximate surface area is 200 Å². The van der Waals surface area contributed by atoms with Crippen molar-refractivity contribution in [3.8, 4) is 6.07 Å². The van der Waals surface area contributed by atoms with Crippen LogP contribution in [0.3, 0.4) is 0 Å². The van der Waals surface area contributed by atoms with Crippen LogP contribution in [0.15, 0.2) is 24.3 Å². The van der Waals surface area contributed by atoms with Gasteiger partial charge in [-0.15, -0.1) is 0 Å². The van der Waals surface area contributed by atoms with Crippen molar-refractivity contribution < 1.29 is 9.72 Å². The van der Waals surface area contributed by atoms with Crippen LogP contribution in [0.2, 0.25) is 0 Å². The zero-order valence-corrected chi connectivity index (χ0v) is 19.9. The van der Waals surface area contributed by atoms with Crippen LogP contribution in [0.25, 0.3) is 0 Å². The summed E-state index contributed by atoms with van der Waals surface area (Å²) in [5.41, 5.74) is 3.26. The summed E-state index contributed by atoms with van der Waals surface area (Å²) in [6.07, 6.45) is 5.70. The van der Waals surface area contributed by atoms with Gasteiger partial charge in [-0.05, 0) is 38.3 Å². The minimum absolute atomic E-state index is 0.104. The second kappa shape index (κ2) is 10.3. The molecule has 0 bridgehead atoms. The lowest BCUT2D eigenvalue weighted by molar-refractivity contribution is -0.384. The van der Waals surface area contributed by atoms with Crippen molar-refractivity contribution in [3.05, 3.63) is 51.2 Å². The van der Waals surface area contributed by atoms with Crippen molar-refractivity contribution in [3.63, 3.8) is 0 Å². The Morgan fingerprint density at radius 3 is 2.47 bits per heavy atom. The van der Waals surface area contributed by atoms with Crippen LogP contribution in [0.1, 0.15) is 55.0 Å². The Hall–Kier alpha value is -3.38. The molecular formula is C25H32N6O3. The number of anilines is 2. The van der Waals surface area contributed by atoms with E-state index >= 15 is 0 Å². The molecule has 1 aliphatic carbocycles. The molecule has 0 radical (unpaired) electrons. The summed E-state index contributed by atoms with van der Waals surface area (Å²) < 4.78 is 2.18. The molecule has 0 unspecified atom stereocenters. The largest absolute Gasteiger partial charge is 0.363 e. The predicted octanol–water partition coefficient (Wildman–Crippen LogP) is 4.15. The van der Waals surface area contributed by atoms with Gasteiger partial charge in [-0.3, -0.25) is 19.8 Å². The van der Waals surface area contributed by atoms with E-state index in [1.54, 1.807) is 18.2 Å². The number of nitrogens with one attached hydrogen (secondary N) is 1. The van der Waals surface area contributed by atoms with Crippen LogP contribution in [0, 0.1) is 35.3 Å². The van der Waals surface area contributed by atoms with Crippen molar-refractivity contribution in [2.45, 2.75) is 52.0 Å². The monoisotopic (exact) mass is 464 g/mol. The molecule has 9 nitrogen and oxygen atoms in total. The zero-order valence-electron chi connectivity index (χ0n) is 19.9. The third-order valence-electron chi connectivity index (χ3n) is 7.22. The van der Waals surface area contributed by atoms with Gasteiger partial charge in [0.25, 0.3) is 5.69 Å². The highest BCUT2D eigenvalue weighted by atomic mass is 16.6. The van der Waals surface area contributed by atoms with Gasteiger partial charge in [-0.2, -0.15) is 5.26 Å². The molecular weight excluding hydrogens is 432 g/mol. The Morgan fingerprint density at radius 2 is 1.82 bits per heavy atom. The van der Waals surface area contributed by atoms with Crippen LogP contribution in [0.4, 0.5) is 17.2 Å². The molecule has 2 aromatic rings. The van der Waals surface area contributed by atoms with Gasteiger partial charge in [-0.25, -0.2) is 0 Å². The molecule has 0 atom stereocenters. The molecule has 1 aliphatic heterocycles. The number of hydrogen-bond acceptors (Lipinski definition) is 6. The molecule has 1 saturated heterocycles. The fourth-order valence-electron chi connectivity index (χ4n) is 5.29. The summed E-state index contributed by atoms with van der Waals surface area (Å²) in [6, 6.07) is 9.39. The number of nitro groups is 1. The number of nitrogens with zero attached hydrogens (tertiary/aromatic N) is 5. The Morgan fingerprint density at radius 1 is 1.15 bits per heavy atom. The maximum Gasteiger partial charge on any atom is 0.292 e. The topological polar surface area (TPSA) is 107 Å². The average Bonchev–Trinajstić information content (AvgIpc) is 3.08. The number of nitro benzene ring substituents is 1. The Bertz CT molecular complexity index is 1100. The molecule has 1 aromatic carbocycles. The van der Waals surface area contributed by atoms with E-state index < -0.39 is 0 Å². The smallest absolute Gasteiger partial charge is 0.292 e. The Balaban J connectivity index is 1.42. The van der Waals surface area contributed by atoms with Gasteiger partial charge in [0, 0.05) is 44.0 Å². The van der Waals surface area contributed by atoms with Gasteiger partial charge in [0.05, 0.1) is 17.0 Å². The van der Waals surface area contributed by atoms with Crippen LogP contribution < -0.4 is 10.2 Å². The SMILES string of the molecule is Cc1c(C#N)c(NC(=O)CN2CCN(c3ccccc3[N+](=O)[O-])CC2)n(C2CCCCC2)c1C. The first kappa shape index (κ1) is 23.8. The van der Waals surface area contributed by atoms with E-state index in [0.717, 1.165) is 24.1 Å². The molecule has 180 valence electrons. The fraction of sp³-hybridized carbons (Fsp3) is 0.520. The molecule has 1 N–H and O–H groups in total. The average molecular weight is 465 g/mol. The lowest BCUT2D eigenvalue weighted by Crippen LogP contribution is -2.48. The molecule has 0 spiro atoms. The van der Waals surface area contributed by atoms with E-state index in [4.69, 9.17) is 0 Å². The molecule has 1 amide bonds. The quantitative estimate of drug-likeness (QED) is 0.508. The maximum absolute atomic E-state index is 13.0. The number of hydrogen-bond donors (Lipinski definition) is 1. The van der Waals surface area contributed by atoms with Gasteiger partial charge in [0.1, 0.15) is 17.6 Å². The normalized spacial score (nSPS) is 17.4. The summed E-state index contributed by atoms with van der Waals surface area (Å²) in [5.74, 6) is 0.498. The number of aromatic nitrogens is 1. The molecule has 4 rings (SSSR count). The lowest BCUT2D eigenvalue weighted by atomic mass is 9.95. The maximum atomic E-state index is 13.0. The van der Waals surface area contributed by atoms with Crippen molar-refractivity contribution in [1.82, 2.24) is 9.47 Å². The van der Waals surface area contributed by atoms with E-state index in [1.165, 1.54) is 25.3 Å². The van der Waals surface area contributed by atoms with Gasteiger partial charge in [0.2, 0.25) is 5.91 Å². The molecule has 34 heavy (non-hydrogen) atoms. The van der Waals surface area contributed by atoms with Crippen LogP contribution in [0.5, 0.6) is 0 Å². The zero-order chi connectivity index (χ0) is 24.2. The number of nitriles is 1. The van der Waals surface area contributed by atoms with Crippen LogP contribution in [-0.2, 0) is 4.79 Å². The van der Waals surface area contributed by atoms with Gasteiger partial charge < -0.3 is 14.8 Å². The Kier molecular flexibility index (Phi) is 7.17. The highest BCUT2D eigenvalue weighted by Crippen LogP contribution is 2.36. The third kappa shape index (κ3) is 4.77. The molecule has 2 aliphatic rings. The number of benzene rings is 1. The fourth-order valence-corrected chi connectivity index (χ4v) is 5.29. The van der Waals surface area contributed by atoms with Gasteiger partial charge in [0.15, 0.2) is 0 Å². The number of carbonyl (C=O) groups is 1. The molecule has 1 aromatic heterocycles. The van der Waals surface area contributed by atoms with Crippen LogP contribution in [-0.4, -0.2) is 53.0 Å². The summed E-state index contributed by atoms with van der Waals surface area (Å²) in [7, 11) is 0. The summed E-state index contributed by atoms with van der Waals surface area (Å²) in [4.78, 5) is 28.1. The first-order chi connectivity index (χ1) is 16.4. The minimum Gasteiger partial charge on any atom is -0.363 e. The third-order valence-corrected chi connectivity index (χ3v) is 7.22. The van der Waals surface area contributed by atoms with E-state index in [-0.39, 0.29) is 23.1 Å². The number of amides is 1. The molecule has 9 heteroatoms. The number of rotatable bonds is 6. The van der Waals surface area contributed by atoms with Crippen molar-refractivity contribution in [1.29, 1.82) is 5.26 Å². The minimum atomic E-state index is -0.354. The molecule has 2 heterocycles. The van der Waals surface area contributed by atoms with Crippen molar-refractivity contribution in [2.24, 2.45) is 0 Å². The standard InChI is InChI=1S/C25H32N6O3/c1-18-19(2)30(20-8-4-3-5-9-20)25(21(18)16-26)27-24(32)17-28-12-14-29(15-13-28)22-10-6-7-11-23(22)31(33)34/h6-7,10-11,20H,3-5,8-9,12-15,17H2,1-2H3,(H,27,32). The van der Waals surface area contributed by atoms with E-state index in [9.17, 15) is 20.2 Å². The highest BCUT2D eigenvalue weighted by Gasteiger charge is 2.28. The van der Waals surface area contributed by atoms with E-state index in [2.05, 4.69) is 20.9 Å². The number of para-hydroxylation sites is 2. The number of carbonyl (C=O) groups excluding carboxylic acids is 1. The lowest BCUT2D eigenvalue weighted by Gasteiger charge is -2.35. The first-order valence-corrected chi connectivity index (χ1v) is 12.0. The summed E-state index contributed by atoms with van der Waals surface area (Å²) in [5, 5.41) is 24.2. The second-order valence-electron chi connectivity index (χ2n) is 9.26. The highest BCUT2D eigenvalue weighted by molar-refractivity contribution is 5.93. The summed E-state index contributed by atoms with van der Waals surface area (Å²) >= 11 is 0. The molecule has 2 fully saturated rings. The van der Waals surface area contributed by atoms with Crippen molar-refractivity contribution >= 4 is 23.1 Å².